The second-order valence-electron chi connectivity index (χ2n) is 5.65. The van der Waals surface area contributed by atoms with Gasteiger partial charge in [0.2, 0.25) is 0 Å². The summed E-state index contributed by atoms with van der Waals surface area (Å²) in [6, 6.07) is 12.4. The van der Waals surface area contributed by atoms with Gasteiger partial charge in [-0.05, 0) is 24.3 Å². The Labute approximate surface area is 139 Å². The van der Waals surface area contributed by atoms with E-state index in [1.54, 1.807) is 50.5 Å². The molecule has 7 nitrogen and oxygen atoms in total. The highest BCUT2D eigenvalue weighted by atomic mass is 16.3. The van der Waals surface area contributed by atoms with Crippen LogP contribution in [0.4, 0.5) is 21.0 Å². The summed E-state index contributed by atoms with van der Waals surface area (Å²) in [7, 11) is 3.17. The smallest absolute Gasteiger partial charge is 0.334 e. The summed E-state index contributed by atoms with van der Waals surface area (Å²) >= 11 is 0. The Morgan fingerprint density at radius 3 is 2.08 bits per heavy atom. The summed E-state index contributed by atoms with van der Waals surface area (Å²) in [5.74, 6) is -0.0625. The van der Waals surface area contributed by atoms with E-state index in [2.05, 4.69) is 0 Å². The molecule has 1 heterocycles. The molecule has 3 N–H and O–H groups in total. The molecule has 0 saturated carbocycles. The van der Waals surface area contributed by atoms with Gasteiger partial charge in [-0.3, -0.25) is 0 Å². The van der Waals surface area contributed by atoms with Gasteiger partial charge < -0.3 is 20.6 Å². The fourth-order valence-corrected chi connectivity index (χ4v) is 2.86. The predicted molar refractivity (Wildman–Crippen MR) is 90.5 cm³/mol. The molecular formula is C17H18N4O3. The van der Waals surface area contributed by atoms with Crippen LogP contribution in [-0.4, -0.2) is 41.1 Å². The average Bonchev–Trinajstić information content (AvgIpc) is 2.56. The Bertz CT molecular complexity index is 772. The number of rotatable bonds is 2. The number of para-hydroxylation sites is 1. The van der Waals surface area contributed by atoms with Gasteiger partial charge in [0, 0.05) is 31.4 Å². The third-order valence-corrected chi connectivity index (χ3v) is 4.07. The number of phenols is 1. The molecule has 0 spiro atoms. The first-order chi connectivity index (χ1) is 11.4. The molecule has 0 bridgehead atoms. The van der Waals surface area contributed by atoms with E-state index in [1.807, 2.05) is 6.07 Å². The standard InChI is InChI=1S/C17H18N4O3/c1-19-15(13-9-8-11(18)10-14(13)22)20(2)17(24)21(16(19)23)12-6-4-3-5-7-12/h3-10,15,22H,18H2,1-2H3. The quantitative estimate of drug-likeness (QED) is 0.830. The lowest BCUT2D eigenvalue weighted by Gasteiger charge is -2.44. The van der Waals surface area contributed by atoms with Crippen molar-refractivity contribution in [1.82, 2.24) is 9.80 Å². The van der Waals surface area contributed by atoms with Gasteiger partial charge in [-0.25, -0.2) is 14.5 Å². The van der Waals surface area contributed by atoms with Gasteiger partial charge in [0.15, 0.2) is 0 Å². The van der Waals surface area contributed by atoms with Crippen LogP contribution in [0.2, 0.25) is 0 Å². The van der Waals surface area contributed by atoms with Crippen molar-refractivity contribution in [2.75, 3.05) is 24.7 Å². The van der Waals surface area contributed by atoms with Crippen LogP contribution >= 0.6 is 0 Å². The molecule has 2 aromatic rings. The minimum Gasteiger partial charge on any atom is -0.507 e. The van der Waals surface area contributed by atoms with Crippen LogP contribution in [0.1, 0.15) is 11.7 Å². The van der Waals surface area contributed by atoms with Gasteiger partial charge in [0.25, 0.3) is 0 Å². The monoisotopic (exact) mass is 326 g/mol. The number of carbonyl (C=O) groups excluding carboxylic acids is 2. The number of aromatic hydroxyl groups is 1. The number of anilines is 2. The van der Waals surface area contributed by atoms with E-state index < -0.39 is 18.2 Å². The SMILES string of the molecule is CN1C(=O)N(c2ccccc2)C(=O)N(C)C1c1ccc(N)cc1O. The zero-order chi connectivity index (χ0) is 17.4. The lowest BCUT2D eigenvalue weighted by Crippen LogP contribution is -2.60. The zero-order valence-corrected chi connectivity index (χ0v) is 13.4. The van der Waals surface area contributed by atoms with Gasteiger partial charge in [0.05, 0.1) is 5.69 Å². The van der Waals surface area contributed by atoms with Crippen LogP contribution < -0.4 is 10.6 Å². The lowest BCUT2D eigenvalue weighted by atomic mass is 10.1. The molecular weight excluding hydrogens is 308 g/mol. The molecule has 1 fully saturated rings. The molecule has 4 amide bonds. The second-order valence-corrected chi connectivity index (χ2v) is 5.65. The molecule has 3 rings (SSSR count). The van der Waals surface area contributed by atoms with Gasteiger partial charge in [-0.2, -0.15) is 0 Å². The van der Waals surface area contributed by atoms with E-state index in [4.69, 9.17) is 5.73 Å². The van der Waals surface area contributed by atoms with Gasteiger partial charge in [0.1, 0.15) is 11.9 Å². The number of nitrogens with two attached hydrogens (primary N) is 1. The minimum atomic E-state index is -0.717. The van der Waals surface area contributed by atoms with Crippen molar-refractivity contribution in [3.05, 3.63) is 54.1 Å². The molecule has 124 valence electrons. The van der Waals surface area contributed by atoms with Crippen LogP contribution in [0.3, 0.4) is 0 Å². The summed E-state index contributed by atoms with van der Waals surface area (Å²) in [5, 5.41) is 10.2. The van der Waals surface area contributed by atoms with Crippen molar-refractivity contribution in [3.8, 4) is 5.75 Å². The Hall–Kier alpha value is -3.22. The highest BCUT2D eigenvalue weighted by molar-refractivity contribution is 6.15. The van der Waals surface area contributed by atoms with E-state index in [1.165, 1.54) is 15.9 Å². The molecule has 1 aliphatic heterocycles. The number of imide groups is 1. The van der Waals surface area contributed by atoms with Gasteiger partial charge >= 0.3 is 12.1 Å². The number of urea groups is 2. The average molecular weight is 326 g/mol. The van der Waals surface area contributed by atoms with Crippen LogP contribution in [0.5, 0.6) is 5.75 Å². The zero-order valence-electron chi connectivity index (χ0n) is 13.4. The summed E-state index contributed by atoms with van der Waals surface area (Å²) in [6.07, 6.45) is -0.717. The molecule has 1 saturated heterocycles. The molecule has 0 radical (unpaired) electrons. The molecule has 0 atom stereocenters. The number of phenolic OH excluding ortho intramolecular Hbond substituents is 1. The first kappa shape index (κ1) is 15.7. The normalized spacial score (nSPS) is 16.0. The number of carbonyl (C=O) groups is 2. The van der Waals surface area contributed by atoms with Crippen molar-refractivity contribution in [2.45, 2.75) is 6.17 Å². The fraction of sp³-hybridized carbons (Fsp3) is 0.176. The van der Waals surface area contributed by atoms with Crippen LogP contribution in [0, 0.1) is 0 Å². The van der Waals surface area contributed by atoms with E-state index in [0.717, 1.165) is 4.90 Å². The molecule has 2 aromatic carbocycles. The first-order valence-electron chi connectivity index (χ1n) is 7.39. The minimum absolute atomic E-state index is 0.0625. The highest BCUT2D eigenvalue weighted by Crippen LogP contribution is 2.36. The first-order valence-corrected chi connectivity index (χ1v) is 7.39. The van der Waals surface area contributed by atoms with E-state index >= 15 is 0 Å². The largest absolute Gasteiger partial charge is 0.507 e. The maximum absolute atomic E-state index is 12.7. The third kappa shape index (κ3) is 2.40. The van der Waals surface area contributed by atoms with Crippen molar-refractivity contribution in [2.24, 2.45) is 0 Å². The topological polar surface area (TPSA) is 90.1 Å². The summed E-state index contributed by atoms with van der Waals surface area (Å²) in [6.45, 7) is 0. The van der Waals surface area contributed by atoms with Crippen molar-refractivity contribution < 1.29 is 14.7 Å². The third-order valence-electron chi connectivity index (χ3n) is 4.07. The molecule has 0 aromatic heterocycles. The number of nitrogen functional groups attached to an aromatic ring is 1. The number of hydrogen-bond donors (Lipinski definition) is 2. The molecule has 0 aliphatic carbocycles. The number of amides is 4. The van der Waals surface area contributed by atoms with Crippen LogP contribution in [0.25, 0.3) is 0 Å². The second kappa shape index (κ2) is 5.77. The van der Waals surface area contributed by atoms with Crippen molar-refractivity contribution in [1.29, 1.82) is 0 Å². The number of nitrogens with zero attached hydrogens (tertiary/aromatic N) is 3. The van der Waals surface area contributed by atoms with Crippen LogP contribution in [0.15, 0.2) is 48.5 Å². The van der Waals surface area contributed by atoms with E-state index in [-0.39, 0.29) is 5.75 Å². The number of hydrogen-bond acceptors (Lipinski definition) is 4. The molecule has 1 aliphatic rings. The predicted octanol–water partition coefficient (Wildman–Crippen LogP) is 2.60. The fourth-order valence-electron chi connectivity index (χ4n) is 2.86. The Balaban J connectivity index is 2.02. The van der Waals surface area contributed by atoms with Crippen LogP contribution in [-0.2, 0) is 0 Å². The Morgan fingerprint density at radius 1 is 0.958 bits per heavy atom. The molecule has 0 unspecified atom stereocenters. The maximum Gasteiger partial charge on any atom is 0.334 e. The highest BCUT2D eigenvalue weighted by Gasteiger charge is 2.42. The summed E-state index contributed by atoms with van der Waals surface area (Å²) in [4.78, 5) is 29.4. The van der Waals surface area contributed by atoms with E-state index in [0.29, 0.717) is 16.9 Å². The summed E-state index contributed by atoms with van der Waals surface area (Å²) < 4.78 is 0. The molecule has 24 heavy (non-hydrogen) atoms. The number of benzene rings is 2. The van der Waals surface area contributed by atoms with Gasteiger partial charge in [-0.15, -0.1) is 0 Å². The Morgan fingerprint density at radius 2 is 1.54 bits per heavy atom. The van der Waals surface area contributed by atoms with Crippen molar-refractivity contribution >= 4 is 23.4 Å². The van der Waals surface area contributed by atoms with Gasteiger partial charge in [-0.1, -0.05) is 18.2 Å². The Kier molecular flexibility index (Phi) is 3.76. The lowest BCUT2D eigenvalue weighted by molar-refractivity contribution is 0.102. The molecule has 7 heteroatoms. The maximum atomic E-state index is 12.7. The van der Waals surface area contributed by atoms with Crippen molar-refractivity contribution in [3.63, 3.8) is 0 Å². The van der Waals surface area contributed by atoms with E-state index in [9.17, 15) is 14.7 Å². The summed E-state index contributed by atoms with van der Waals surface area (Å²) in [5.41, 5.74) is 6.98.